The molecule has 0 radical (unpaired) electrons. The number of nitrogens with zero attached hydrogens (tertiary/aromatic N) is 2. The summed E-state index contributed by atoms with van der Waals surface area (Å²) in [4.78, 5) is 13.8. The minimum Gasteiger partial charge on any atom is -0.493 e. The number of methoxy groups -OCH3 is 2. The first-order valence-corrected chi connectivity index (χ1v) is 12.7. The summed E-state index contributed by atoms with van der Waals surface area (Å²) < 4.78 is 50.7. The molecule has 0 heterocycles. The van der Waals surface area contributed by atoms with E-state index in [0.717, 1.165) is 21.2 Å². The van der Waals surface area contributed by atoms with Gasteiger partial charge in [0.25, 0.3) is 5.69 Å². The molecule has 0 aliphatic carbocycles. The van der Waals surface area contributed by atoms with Crippen LogP contribution in [0.15, 0.2) is 88.9 Å². The molecule has 3 aromatic carbocycles. The highest BCUT2D eigenvalue weighted by Crippen LogP contribution is 2.33. The van der Waals surface area contributed by atoms with Crippen LogP contribution in [0.5, 0.6) is 11.5 Å². The van der Waals surface area contributed by atoms with Crippen LogP contribution in [-0.2, 0) is 6.42 Å². The van der Waals surface area contributed by atoms with Gasteiger partial charge in [0.15, 0.2) is 11.5 Å². The Labute approximate surface area is 242 Å². The fraction of sp³-hybridized carbons (Fsp3) is 0.143. The molecule has 0 aliphatic rings. The summed E-state index contributed by atoms with van der Waals surface area (Å²) in [5.74, 6) is 1.30. The van der Waals surface area contributed by atoms with Gasteiger partial charge in [0.2, 0.25) is 5.71 Å². The molecule has 0 aromatic heterocycles. The van der Waals surface area contributed by atoms with E-state index in [4.69, 9.17) is 9.47 Å². The summed E-state index contributed by atoms with van der Waals surface area (Å²) in [7, 11) is -2.80. The lowest BCUT2D eigenvalue weighted by atomic mass is 10.0. The topological polar surface area (TPSA) is 99.4 Å². The Bertz CT molecular complexity index is 1450. The summed E-state index contributed by atoms with van der Waals surface area (Å²) >= 11 is 3.59. The summed E-state index contributed by atoms with van der Waals surface area (Å²) in [5, 5.41) is 20.8. The molecule has 0 atom stereocenters. The largest absolute Gasteiger partial charge is 0.673 e. The Balaban J connectivity index is 0.00000108. The highest BCUT2D eigenvalue weighted by molar-refractivity contribution is 9.10. The van der Waals surface area contributed by atoms with Gasteiger partial charge < -0.3 is 26.7 Å². The Hall–Kier alpha value is -4.44. The lowest BCUT2D eigenvalue weighted by Crippen LogP contribution is -2.74. The molecular formula is C28H25BBrF4N3O4. The number of nitrogens with one attached hydrogen (secondary N) is 1. The van der Waals surface area contributed by atoms with E-state index >= 15 is 0 Å². The average molecular weight is 634 g/mol. The zero-order valence-electron chi connectivity index (χ0n) is 22.0. The third-order valence-electron chi connectivity index (χ3n) is 5.36. The molecule has 1 N–H and O–H groups in total. The van der Waals surface area contributed by atoms with Crippen molar-refractivity contribution in [2.24, 2.45) is 0 Å². The number of nitriles is 1. The molecular weight excluding hydrogens is 609 g/mol. The van der Waals surface area contributed by atoms with Crippen LogP contribution in [0.4, 0.5) is 23.0 Å². The highest BCUT2D eigenvalue weighted by Gasteiger charge is 2.20. The molecule has 13 heteroatoms. The van der Waals surface area contributed by atoms with Crippen LogP contribution < -0.4 is 14.5 Å². The smallest absolute Gasteiger partial charge is 0.493 e. The van der Waals surface area contributed by atoms with Gasteiger partial charge in [-0.2, -0.15) is 5.26 Å². The summed E-state index contributed by atoms with van der Waals surface area (Å²) in [6, 6.07) is 22.0. The third kappa shape index (κ3) is 11.3. The molecule has 0 spiro atoms. The predicted molar refractivity (Wildman–Crippen MR) is 153 cm³/mol. The number of halogens is 5. The van der Waals surface area contributed by atoms with Crippen LogP contribution in [0.2, 0.25) is 0 Å². The van der Waals surface area contributed by atoms with Gasteiger partial charge in [-0.05, 0) is 53.6 Å². The van der Waals surface area contributed by atoms with Crippen molar-refractivity contribution in [2.45, 2.75) is 6.42 Å². The number of ether oxygens (including phenoxy) is 2. The first kappa shape index (κ1) is 32.8. The van der Waals surface area contributed by atoms with Gasteiger partial charge in [-0.3, -0.25) is 10.1 Å². The van der Waals surface area contributed by atoms with Crippen LogP contribution in [0.25, 0.3) is 6.08 Å². The highest BCUT2D eigenvalue weighted by atomic mass is 79.9. The van der Waals surface area contributed by atoms with E-state index in [1.807, 2.05) is 42.5 Å². The number of non-ortho nitro benzene ring substituents is 1. The minimum absolute atomic E-state index is 0.0328. The van der Waals surface area contributed by atoms with Gasteiger partial charge in [-0.15, -0.1) is 0 Å². The second-order valence-corrected chi connectivity index (χ2v) is 8.97. The third-order valence-corrected chi connectivity index (χ3v) is 6.09. The number of nitro groups is 1. The number of rotatable bonds is 10. The lowest BCUT2D eigenvalue weighted by molar-refractivity contribution is -0.455. The molecule has 0 saturated heterocycles. The lowest BCUT2D eigenvalue weighted by Gasteiger charge is -2.10. The second kappa shape index (κ2) is 16.0. The monoisotopic (exact) mass is 633 g/mol. The van der Waals surface area contributed by atoms with Gasteiger partial charge in [0.1, 0.15) is 18.2 Å². The minimum atomic E-state index is -6.00. The van der Waals surface area contributed by atoms with Crippen molar-refractivity contribution in [3.63, 3.8) is 0 Å². The first-order chi connectivity index (χ1) is 19.5. The zero-order valence-corrected chi connectivity index (χ0v) is 23.6. The SMILES string of the molecule is COc1cc(Br)c(CC[NH+]=C(/C(C#N)=C/C=C/c2ccc([N+](=O)[O-])cc2)c2ccccc2)cc1OC.F[B-](F)(F)F. The number of benzene rings is 3. The maximum absolute atomic E-state index is 10.8. The van der Waals surface area contributed by atoms with Crippen LogP contribution in [0, 0.1) is 21.4 Å². The Morgan fingerprint density at radius 2 is 1.63 bits per heavy atom. The van der Waals surface area contributed by atoms with E-state index in [9.17, 15) is 32.6 Å². The fourth-order valence-electron chi connectivity index (χ4n) is 3.51. The van der Waals surface area contributed by atoms with E-state index in [-0.39, 0.29) is 5.69 Å². The van der Waals surface area contributed by atoms with E-state index in [1.54, 1.807) is 44.6 Å². The van der Waals surface area contributed by atoms with E-state index < -0.39 is 12.2 Å². The standard InChI is InChI=1S/C28H24BrN3O4.BF4/c1-35-26-17-22(25(29)18-27(26)36-2)15-16-31-28(21-8-4-3-5-9-21)23(19-30)10-6-7-20-11-13-24(14-12-20)32(33)34;2-1(3,4)5/h3-14,17-18H,15-16H2,1-2H3;/q;-1/p+1/b7-6+,23-10+,31-28?;. The van der Waals surface area contributed by atoms with Crippen LogP contribution in [-0.4, -0.2) is 38.7 Å². The van der Waals surface area contributed by atoms with E-state index in [1.165, 1.54) is 12.1 Å². The van der Waals surface area contributed by atoms with Gasteiger partial charge in [-0.25, -0.2) is 4.99 Å². The molecule has 7 nitrogen and oxygen atoms in total. The molecule has 0 amide bonds. The number of allylic oxidation sites excluding steroid dienone is 3. The van der Waals surface area contributed by atoms with E-state index in [0.29, 0.717) is 35.7 Å². The molecule has 0 saturated carbocycles. The Kier molecular flexibility index (Phi) is 12.8. The van der Waals surface area contributed by atoms with Crippen molar-refractivity contribution in [3.05, 3.63) is 116 Å². The summed E-state index contributed by atoms with van der Waals surface area (Å²) in [6.07, 6.45) is 5.96. The van der Waals surface area contributed by atoms with Gasteiger partial charge in [-0.1, -0.05) is 46.3 Å². The molecule has 0 aliphatic heterocycles. The van der Waals surface area contributed by atoms with Crippen LogP contribution >= 0.6 is 15.9 Å². The summed E-state index contributed by atoms with van der Waals surface area (Å²) in [5.41, 5.74) is 3.93. The molecule has 3 aromatic rings. The van der Waals surface area contributed by atoms with Gasteiger partial charge in [0, 0.05) is 28.6 Å². The number of hydrogen-bond acceptors (Lipinski definition) is 5. The molecule has 0 unspecified atom stereocenters. The normalized spacial score (nSPS) is 11.9. The molecule has 0 bridgehead atoms. The average Bonchev–Trinajstić information content (AvgIpc) is 2.94. The predicted octanol–water partition coefficient (Wildman–Crippen LogP) is 5.95. The van der Waals surface area contributed by atoms with Gasteiger partial charge >= 0.3 is 7.25 Å². The maximum Gasteiger partial charge on any atom is 0.673 e. The van der Waals surface area contributed by atoms with Crippen molar-refractivity contribution in [1.29, 1.82) is 5.26 Å². The molecule has 0 fully saturated rings. The van der Waals surface area contributed by atoms with Crippen molar-refractivity contribution in [1.82, 2.24) is 0 Å². The summed E-state index contributed by atoms with van der Waals surface area (Å²) in [6.45, 7) is 0.573. The van der Waals surface area contributed by atoms with Crippen molar-refractivity contribution in [3.8, 4) is 17.6 Å². The van der Waals surface area contributed by atoms with Crippen LogP contribution in [0.1, 0.15) is 16.7 Å². The van der Waals surface area contributed by atoms with Gasteiger partial charge in [0.05, 0.1) is 19.1 Å². The maximum atomic E-state index is 10.8. The number of nitro benzene ring substituents is 1. The first-order valence-electron chi connectivity index (χ1n) is 11.9. The second-order valence-electron chi connectivity index (χ2n) is 8.11. The zero-order chi connectivity index (χ0) is 30.4. The molecule has 214 valence electrons. The van der Waals surface area contributed by atoms with Crippen LogP contribution in [0.3, 0.4) is 0 Å². The van der Waals surface area contributed by atoms with E-state index in [2.05, 4.69) is 27.0 Å². The van der Waals surface area contributed by atoms with Crippen molar-refractivity contribution >= 4 is 40.7 Å². The number of hydrogen-bond donors (Lipinski definition) is 1. The Morgan fingerprint density at radius 1 is 1.05 bits per heavy atom. The molecule has 3 rings (SSSR count). The Morgan fingerprint density at radius 3 is 2.17 bits per heavy atom. The van der Waals surface area contributed by atoms with Crippen molar-refractivity contribution in [2.75, 3.05) is 20.8 Å². The fourth-order valence-corrected chi connectivity index (χ4v) is 4.03. The quantitative estimate of drug-likeness (QED) is 0.0566. The molecule has 41 heavy (non-hydrogen) atoms. The van der Waals surface area contributed by atoms with Crippen molar-refractivity contribution < 1.29 is 36.7 Å².